The molecule has 1 atom stereocenters. The van der Waals surface area contributed by atoms with Crippen molar-refractivity contribution in [1.29, 1.82) is 0 Å². The number of benzene rings is 1. The highest BCUT2D eigenvalue weighted by atomic mass is 35.5. The van der Waals surface area contributed by atoms with Gasteiger partial charge in [0.15, 0.2) is 0 Å². The highest BCUT2D eigenvalue weighted by Crippen LogP contribution is 2.12. The summed E-state index contributed by atoms with van der Waals surface area (Å²) in [4.78, 5) is 29.0. The Balaban J connectivity index is 1.98. The highest BCUT2D eigenvalue weighted by molar-refractivity contribution is 7.98. The monoisotopic (exact) mass is 407 g/mol. The van der Waals surface area contributed by atoms with Crippen molar-refractivity contribution in [2.45, 2.75) is 19.0 Å². The SMILES string of the molecule is COc1ccc(CNC(=O)[C@@H](CCSC)NC(=O)c2cc(Cl)ccn2)cc1. The fourth-order valence-corrected chi connectivity index (χ4v) is 2.95. The average Bonchev–Trinajstić information content (AvgIpc) is 2.69. The van der Waals surface area contributed by atoms with Gasteiger partial charge in [0.05, 0.1) is 7.11 Å². The predicted octanol–water partition coefficient (Wildman–Crippen LogP) is 2.91. The zero-order valence-electron chi connectivity index (χ0n) is 15.2. The first kappa shape index (κ1) is 21.1. The van der Waals surface area contributed by atoms with Crippen LogP contribution in [0.1, 0.15) is 22.5 Å². The van der Waals surface area contributed by atoms with Crippen molar-refractivity contribution in [2.24, 2.45) is 0 Å². The van der Waals surface area contributed by atoms with Gasteiger partial charge in [-0.3, -0.25) is 14.6 Å². The van der Waals surface area contributed by atoms with Crippen molar-refractivity contribution in [3.63, 3.8) is 0 Å². The lowest BCUT2D eigenvalue weighted by Crippen LogP contribution is -2.47. The standard InChI is InChI=1S/C19H22ClN3O3S/c1-26-15-5-3-13(4-6-15)12-22-18(24)16(8-10-27-2)23-19(25)17-11-14(20)7-9-21-17/h3-7,9,11,16H,8,10,12H2,1-2H3,(H,22,24)(H,23,25)/t16-/m1/s1. The molecule has 1 aromatic heterocycles. The lowest BCUT2D eigenvalue weighted by atomic mass is 10.1. The number of methoxy groups -OCH3 is 1. The van der Waals surface area contributed by atoms with Crippen LogP contribution in [0.25, 0.3) is 0 Å². The Kier molecular flexibility index (Phi) is 8.42. The van der Waals surface area contributed by atoms with Crippen LogP contribution in [0.5, 0.6) is 5.75 Å². The van der Waals surface area contributed by atoms with Crippen molar-refractivity contribution < 1.29 is 14.3 Å². The quantitative estimate of drug-likeness (QED) is 0.668. The molecular formula is C19H22ClN3O3S. The summed E-state index contributed by atoms with van der Waals surface area (Å²) in [6, 6.07) is 9.83. The second kappa shape index (κ2) is 10.8. The number of carbonyl (C=O) groups excluding carboxylic acids is 2. The minimum absolute atomic E-state index is 0.180. The first-order chi connectivity index (χ1) is 13.0. The molecule has 0 unspecified atom stereocenters. The van der Waals surface area contributed by atoms with Crippen LogP contribution in [0, 0.1) is 0 Å². The average molecular weight is 408 g/mol. The van der Waals surface area contributed by atoms with Gasteiger partial charge in [-0.2, -0.15) is 11.8 Å². The van der Waals surface area contributed by atoms with Gasteiger partial charge in [0.25, 0.3) is 5.91 Å². The van der Waals surface area contributed by atoms with Gasteiger partial charge in [-0.1, -0.05) is 23.7 Å². The van der Waals surface area contributed by atoms with E-state index in [2.05, 4.69) is 15.6 Å². The third-order valence-corrected chi connectivity index (χ3v) is 4.69. The number of rotatable bonds is 9. The van der Waals surface area contributed by atoms with Gasteiger partial charge in [-0.15, -0.1) is 0 Å². The molecule has 0 radical (unpaired) electrons. The largest absolute Gasteiger partial charge is 0.497 e. The van der Waals surface area contributed by atoms with Gasteiger partial charge in [0.1, 0.15) is 17.5 Å². The number of pyridine rings is 1. The van der Waals surface area contributed by atoms with E-state index in [1.54, 1.807) is 24.9 Å². The van der Waals surface area contributed by atoms with Crippen LogP contribution in [0.2, 0.25) is 5.02 Å². The number of hydrogen-bond acceptors (Lipinski definition) is 5. The summed E-state index contributed by atoms with van der Waals surface area (Å²) in [5, 5.41) is 6.02. The molecule has 0 spiro atoms. The normalized spacial score (nSPS) is 11.5. The van der Waals surface area contributed by atoms with Crippen molar-refractivity contribution in [2.75, 3.05) is 19.1 Å². The fraction of sp³-hybridized carbons (Fsp3) is 0.316. The Morgan fingerprint density at radius 1 is 1.26 bits per heavy atom. The molecule has 0 saturated heterocycles. The van der Waals surface area contributed by atoms with Crippen LogP contribution in [0.15, 0.2) is 42.6 Å². The molecule has 6 nitrogen and oxygen atoms in total. The van der Waals surface area contributed by atoms with Gasteiger partial charge in [-0.05, 0) is 48.3 Å². The van der Waals surface area contributed by atoms with Gasteiger partial charge in [0, 0.05) is 17.8 Å². The molecule has 0 bridgehead atoms. The number of ether oxygens (including phenoxy) is 1. The minimum atomic E-state index is -0.649. The summed E-state index contributed by atoms with van der Waals surface area (Å²) in [5.74, 6) is 0.826. The topological polar surface area (TPSA) is 80.3 Å². The second-order valence-corrected chi connectivity index (χ2v) is 7.15. The number of nitrogens with one attached hydrogen (secondary N) is 2. The number of carbonyl (C=O) groups is 2. The van der Waals surface area contributed by atoms with E-state index in [0.717, 1.165) is 17.1 Å². The van der Waals surface area contributed by atoms with Crippen LogP contribution < -0.4 is 15.4 Å². The third kappa shape index (κ3) is 6.77. The van der Waals surface area contributed by atoms with Crippen LogP contribution in [0.4, 0.5) is 0 Å². The van der Waals surface area contributed by atoms with E-state index in [1.165, 1.54) is 12.3 Å². The fourth-order valence-electron chi connectivity index (χ4n) is 2.32. The maximum absolute atomic E-state index is 12.6. The molecule has 1 heterocycles. The van der Waals surface area contributed by atoms with Gasteiger partial charge >= 0.3 is 0 Å². The molecule has 0 saturated carbocycles. The summed E-state index contributed by atoms with van der Waals surface area (Å²) in [6.45, 7) is 0.365. The molecular weight excluding hydrogens is 386 g/mol. The van der Waals surface area contributed by atoms with Gasteiger partial charge < -0.3 is 15.4 Å². The first-order valence-electron chi connectivity index (χ1n) is 8.35. The summed E-state index contributed by atoms with van der Waals surface area (Å²) in [7, 11) is 1.60. The zero-order chi connectivity index (χ0) is 19.6. The van der Waals surface area contributed by atoms with E-state index in [9.17, 15) is 9.59 Å². The smallest absolute Gasteiger partial charge is 0.270 e. The molecule has 0 fully saturated rings. The minimum Gasteiger partial charge on any atom is -0.497 e. The Bertz CT molecular complexity index is 771. The molecule has 8 heteroatoms. The van der Waals surface area contributed by atoms with Crippen molar-refractivity contribution >= 4 is 35.2 Å². The maximum Gasteiger partial charge on any atom is 0.270 e. The molecule has 0 aliphatic rings. The molecule has 2 amide bonds. The van der Waals surface area contributed by atoms with Crippen LogP contribution >= 0.6 is 23.4 Å². The number of thioether (sulfide) groups is 1. The van der Waals surface area contributed by atoms with Crippen molar-refractivity contribution in [3.05, 3.63) is 58.9 Å². The molecule has 144 valence electrons. The van der Waals surface area contributed by atoms with Crippen LogP contribution in [-0.2, 0) is 11.3 Å². The summed E-state index contributed by atoms with van der Waals surface area (Å²) in [6.07, 6.45) is 3.92. The molecule has 0 aliphatic carbocycles. The number of halogens is 1. The van der Waals surface area contributed by atoms with E-state index < -0.39 is 11.9 Å². The zero-order valence-corrected chi connectivity index (χ0v) is 16.8. The molecule has 2 aromatic rings. The first-order valence-corrected chi connectivity index (χ1v) is 10.1. The lowest BCUT2D eigenvalue weighted by Gasteiger charge is -2.18. The Hall–Kier alpha value is -2.25. The summed E-state index contributed by atoms with van der Waals surface area (Å²) < 4.78 is 5.12. The van der Waals surface area contributed by atoms with Gasteiger partial charge in [-0.25, -0.2) is 0 Å². The third-order valence-electron chi connectivity index (χ3n) is 3.81. The van der Waals surface area contributed by atoms with Crippen LogP contribution in [-0.4, -0.2) is 42.0 Å². The number of nitrogens with zero attached hydrogens (tertiary/aromatic N) is 1. The number of amides is 2. The number of hydrogen-bond donors (Lipinski definition) is 2. The van der Waals surface area contributed by atoms with E-state index in [-0.39, 0.29) is 11.6 Å². The second-order valence-electron chi connectivity index (χ2n) is 5.73. The summed E-state index contributed by atoms with van der Waals surface area (Å²) in [5.41, 5.74) is 1.12. The van der Waals surface area contributed by atoms with E-state index >= 15 is 0 Å². The molecule has 2 rings (SSSR count). The molecule has 1 aromatic carbocycles. The van der Waals surface area contributed by atoms with E-state index in [0.29, 0.717) is 18.0 Å². The highest BCUT2D eigenvalue weighted by Gasteiger charge is 2.21. The van der Waals surface area contributed by atoms with Gasteiger partial charge in [0.2, 0.25) is 5.91 Å². The lowest BCUT2D eigenvalue weighted by molar-refractivity contribution is -0.123. The molecule has 0 aliphatic heterocycles. The Labute approximate surface area is 168 Å². The summed E-state index contributed by atoms with van der Waals surface area (Å²) >= 11 is 7.51. The Morgan fingerprint density at radius 3 is 2.63 bits per heavy atom. The predicted molar refractivity (Wildman–Crippen MR) is 108 cm³/mol. The molecule has 2 N–H and O–H groups in total. The maximum atomic E-state index is 12.6. The number of aromatic nitrogens is 1. The van der Waals surface area contributed by atoms with Crippen molar-refractivity contribution in [1.82, 2.24) is 15.6 Å². The van der Waals surface area contributed by atoms with E-state index in [4.69, 9.17) is 16.3 Å². The Morgan fingerprint density at radius 2 is 2.00 bits per heavy atom. The van der Waals surface area contributed by atoms with Crippen LogP contribution in [0.3, 0.4) is 0 Å². The van der Waals surface area contributed by atoms with E-state index in [1.807, 2.05) is 30.5 Å². The molecule has 27 heavy (non-hydrogen) atoms. The van der Waals surface area contributed by atoms with Crippen molar-refractivity contribution in [3.8, 4) is 5.75 Å².